The van der Waals surface area contributed by atoms with Gasteiger partial charge in [-0.2, -0.15) is 0 Å². The van der Waals surface area contributed by atoms with Gasteiger partial charge in [-0.15, -0.1) is 0 Å². The zero-order chi connectivity index (χ0) is 11.0. The molecule has 0 radical (unpaired) electrons. The van der Waals surface area contributed by atoms with Crippen LogP contribution in [0.5, 0.6) is 0 Å². The topological polar surface area (TPSA) is 38.1 Å². The summed E-state index contributed by atoms with van der Waals surface area (Å²) in [5.41, 5.74) is 1.65. The summed E-state index contributed by atoms with van der Waals surface area (Å²) in [5.74, 6) is 0. The Morgan fingerprint density at radius 1 is 1.19 bits per heavy atom. The average Bonchev–Trinajstić information content (AvgIpc) is 2.48. The fourth-order valence-corrected chi connectivity index (χ4v) is 2.45. The number of nitrogens with zero attached hydrogens (tertiary/aromatic N) is 3. The molecule has 0 saturated carbocycles. The van der Waals surface area contributed by atoms with Gasteiger partial charge >= 0.3 is 0 Å². The van der Waals surface area contributed by atoms with Crippen LogP contribution in [0.4, 0.5) is 5.69 Å². The first-order chi connectivity index (χ1) is 7.83. The van der Waals surface area contributed by atoms with Crippen molar-refractivity contribution in [3.63, 3.8) is 0 Å². The maximum Gasteiger partial charge on any atom is 0.148 e. The summed E-state index contributed by atoms with van der Waals surface area (Å²) in [7, 11) is 0. The van der Waals surface area contributed by atoms with Gasteiger partial charge in [-0.1, -0.05) is 35.5 Å². The maximum atomic E-state index is 5.80. The maximum absolute atomic E-state index is 5.80. The highest BCUT2D eigenvalue weighted by Crippen LogP contribution is 2.37. The number of halogens is 1. The summed E-state index contributed by atoms with van der Waals surface area (Å²) >= 11 is 7.35. The number of aliphatic imine (C=N–C) groups is 1. The van der Waals surface area contributed by atoms with Crippen molar-refractivity contribution in [3.05, 3.63) is 41.3 Å². The number of benzene rings is 1. The normalized spacial score (nSPS) is 12.8. The van der Waals surface area contributed by atoms with E-state index in [9.17, 15) is 0 Å². The van der Waals surface area contributed by atoms with Crippen molar-refractivity contribution < 1.29 is 0 Å². The lowest BCUT2D eigenvalue weighted by atomic mass is 10.3. The third kappa shape index (κ3) is 1.70. The Hall–Kier alpha value is -1.39. The van der Waals surface area contributed by atoms with Crippen molar-refractivity contribution in [2.45, 2.75) is 9.92 Å². The van der Waals surface area contributed by atoms with Crippen LogP contribution in [-0.4, -0.2) is 16.2 Å². The molecule has 1 aliphatic rings. The monoisotopic (exact) mass is 247 g/mol. The minimum atomic E-state index is 0.386. The van der Waals surface area contributed by atoms with E-state index >= 15 is 0 Å². The molecule has 0 bridgehead atoms. The van der Waals surface area contributed by atoms with Gasteiger partial charge in [-0.05, 0) is 12.1 Å². The van der Waals surface area contributed by atoms with E-state index in [-0.39, 0.29) is 0 Å². The second kappa shape index (κ2) is 3.88. The van der Waals surface area contributed by atoms with Crippen LogP contribution in [0.25, 0.3) is 0 Å². The molecule has 0 unspecified atom stereocenters. The van der Waals surface area contributed by atoms with Crippen LogP contribution >= 0.6 is 23.4 Å². The van der Waals surface area contributed by atoms with Crippen LogP contribution in [0.15, 0.2) is 45.4 Å². The Morgan fingerprint density at radius 3 is 3.00 bits per heavy atom. The molecule has 78 valence electrons. The molecule has 2 aromatic rings. The molecule has 0 N–H and O–H groups in total. The van der Waals surface area contributed by atoms with E-state index in [1.54, 1.807) is 24.2 Å². The van der Waals surface area contributed by atoms with Crippen molar-refractivity contribution in [1.82, 2.24) is 9.97 Å². The SMILES string of the molecule is Clc1cnc2c(n1)C=Nc1ccccc1S2. The Kier molecular flexibility index (Phi) is 2.38. The Labute approximate surface area is 102 Å². The van der Waals surface area contributed by atoms with Crippen molar-refractivity contribution in [3.8, 4) is 0 Å². The number of aromatic nitrogens is 2. The Bertz CT molecular complexity index is 583. The van der Waals surface area contributed by atoms with Gasteiger partial charge in [-0.3, -0.25) is 4.99 Å². The smallest absolute Gasteiger partial charge is 0.148 e. The molecule has 5 heteroatoms. The molecular formula is C11H6ClN3S. The van der Waals surface area contributed by atoms with Gasteiger partial charge in [-0.25, -0.2) is 9.97 Å². The number of fused-ring (bicyclic) bond motifs is 2. The first-order valence-corrected chi connectivity index (χ1v) is 5.86. The molecule has 2 heterocycles. The van der Waals surface area contributed by atoms with E-state index in [4.69, 9.17) is 11.6 Å². The zero-order valence-electron chi connectivity index (χ0n) is 8.09. The number of para-hydroxylation sites is 1. The van der Waals surface area contributed by atoms with E-state index in [1.807, 2.05) is 24.3 Å². The van der Waals surface area contributed by atoms with Crippen molar-refractivity contribution in [2.24, 2.45) is 4.99 Å². The fourth-order valence-electron chi connectivity index (χ4n) is 1.42. The molecule has 1 aliphatic heterocycles. The molecule has 16 heavy (non-hydrogen) atoms. The third-order valence-corrected chi connectivity index (χ3v) is 3.39. The molecule has 1 aromatic heterocycles. The highest BCUT2D eigenvalue weighted by Gasteiger charge is 2.12. The first-order valence-electron chi connectivity index (χ1n) is 4.66. The van der Waals surface area contributed by atoms with Crippen LogP contribution in [0.3, 0.4) is 0 Å². The van der Waals surface area contributed by atoms with Crippen LogP contribution in [0, 0.1) is 0 Å². The Balaban J connectivity index is 2.17. The van der Waals surface area contributed by atoms with Crippen LogP contribution in [-0.2, 0) is 0 Å². The predicted molar refractivity (Wildman–Crippen MR) is 64.9 cm³/mol. The summed E-state index contributed by atoms with van der Waals surface area (Å²) in [5, 5.41) is 1.22. The van der Waals surface area contributed by atoms with E-state index in [0.29, 0.717) is 10.8 Å². The average molecular weight is 248 g/mol. The van der Waals surface area contributed by atoms with Gasteiger partial charge < -0.3 is 0 Å². The minimum Gasteiger partial charge on any atom is -0.253 e. The lowest BCUT2D eigenvalue weighted by Gasteiger charge is -2.02. The Morgan fingerprint density at radius 2 is 2.06 bits per heavy atom. The molecule has 3 nitrogen and oxygen atoms in total. The quantitative estimate of drug-likeness (QED) is 0.612. The zero-order valence-corrected chi connectivity index (χ0v) is 9.66. The van der Waals surface area contributed by atoms with Crippen LogP contribution < -0.4 is 0 Å². The molecule has 0 atom stereocenters. The summed E-state index contributed by atoms with van der Waals surface area (Å²) < 4.78 is 0. The van der Waals surface area contributed by atoms with Gasteiger partial charge in [0.2, 0.25) is 0 Å². The van der Waals surface area contributed by atoms with Gasteiger partial charge in [0.05, 0.1) is 18.1 Å². The standard InChI is InChI=1S/C11H6ClN3S/c12-10-6-14-11-8(15-10)5-13-7-3-1-2-4-9(7)16-11/h1-6H. The van der Waals surface area contributed by atoms with Gasteiger partial charge in [0, 0.05) is 4.90 Å². The predicted octanol–water partition coefficient (Wildman–Crippen LogP) is 3.35. The van der Waals surface area contributed by atoms with E-state index in [0.717, 1.165) is 15.6 Å². The third-order valence-electron chi connectivity index (χ3n) is 2.13. The van der Waals surface area contributed by atoms with E-state index < -0.39 is 0 Å². The highest BCUT2D eigenvalue weighted by molar-refractivity contribution is 7.99. The fraction of sp³-hybridized carbons (Fsp3) is 0. The number of hydrogen-bond acceptors (Lipinski definition) is 4. The van der Waals surface area contributed by atoms with Crippen molar-refractivity contribution >= 4 is 35.3 Å². The summed E-state index contributed by atoms with van der Waals surface area (Å²) in [4.78, 5) is 13.9. The van der Waals surface area contributed by atoms with E-state index in [1.165, 1.54) is 0 Å². The molecule has 0 aliphatic carbocycles. The molecule has 3 rings (SSSR count). The van der Waals surface area contributed by atoms with Gasteiger partial charge in [0.1, 0.15) is 15.9 Å². The highest BCUT2D eigenvalue weighted by atomic mass is 35.5. The minimum absolute atomic E-state index is 0.386. The largest absolute Gasteiger partial charge is 0.253 e. The van der Waals surface area contributed by atoms with Gasteiger partial charge in [0.15, 0.2) is 0 Å². The first kappa shape index (κ1) is 9.81. The van der Waals surface area contributed by atoms with Crippen molar-refractivity contribution in [1.29, 1.82) is 0 Å². The molecule has 0 amide bonds. The van der Waals surface area contributed by atoms with Crippen LogP contribution in [0.1, 0.15) is 5.69 Å². The summed E-state index contributed by atoms with van der Waals surface area (Å²) in [6.45, 7) is 0. The molecular weight excluding hydrogens is 242 g/mol. The second-order valence-corrected chi connectivity index (χ2v) is 4.63. The number of rotatable bonds is 0. The summed E-state index contributed by atoms with van der Waals surface area (Å²) in [6, 6.07) is 7.92. The lowest BCUT2D eigenvalue weighted by Crippen LogP contribution is -1.93. The molecule has 1 aromatic carbocycles. The molecule has 0 spiro atoms. The van der Waals surface area contributed by atoms with Crippen molar-refractivity contribution in [2.75, 3.05) is 0 Å². The molecule has 0 saturated heterocycles. The second-order valence-electron chi connectivity index (χ2n) is 3.21. The molecule has 0 fully saturated rings. The lowest BCUT2D eigenvalue weighted by molar-refractivity contribution is 1.04. The van der Waals surface area contributed by atoms with Crippen LogP contribution in [0.2, 0.25) is 5.15 Å². The van der Waals surface area contributed by atoms with Gasteiger partial charge in [0.25, 0.3) is 0 Å². The number of hydrogen-bond donors (Lipinski definition) is 0. The van der Waals surface area contributed by atoms with E-state index in [2.05, 4.69) is 15.0 Å². The summed E-state index contributed by atoms with van der Waals surface area (Å²) in [6.07, 6.45) is 3.25.